The van der Waals surface area contributed by atoms with Crippen molar-refractivity contribution in [2.45, 2.75) is 12.8 Å². The van der Waals surface area contributed by atoms with Crippen molar-refractivity contribution in [2.24, 2.45) is 5.92 Å². The highest BCUT2D eigenvalue weighted by Gasteiger charge is 2.31. The van der Waals surface area contributed by atoms with Crippen LogP contribution in [0, 0.1) is 5.92 Å². The lowest BCUT2D eigenvalue weighted by molar-refractivity contribution is -0.124. The molecule has 6 nitrogen and oxygen atoms in total. The van der Waals surface area contributed by atoms with Gasteiger partial charge in [0.1, 0.15) is 11.0 Å². The van der Waals surface area contributed by atoms with E-state index in [1.165, 1.54) is 5.56 Å². The molecule has 138 valence electrons. The van der Waals surface area contributed by atoms with E-state index in [4.69, 9.17) is 0 Å². The number of benzene rings is 2. The van der Waals surface area contributed by atoms with Crippen molar-refractivity contribution < 1.29 is 9.59 Å². The van der Waals surface area contributed by atoms with E-state index in [0.29, 0.717) is 31.6 Å². The second-order valence-corrected chi connectivity index (χ2v) is 7.26. The molecule has 3 aromatic rings. The molecule has 0 radical (unpaired) electrons. The van der Waals surface area contributed by atoms with E-state index in [1.807, 2.05) is 24.3 Å². The molecule has 2 heterocycles. The summed E-state index contributed by atoms with van der Waals surface area (Å²) in [6.07, 6.45) is 1.51. The lowest BCUT2D eigenvalue weighted by atomic mass is 10.1. The van der Waals surface area contributed by atoms with Crippen LogP contribution in [-0.4, -0.2) is 45.1 Å². The van der Waals surface area contributed by atoms with Gasteiger partial charge in [0.05, 0.1) is 17.6 Å². The standard InChI is InChI=1S/C20H20N4O2S/c25-19(21-10-8-14-4-2-1-3-5-14)16-9-11-24(13-16)20(26)15-6-7-17-18(12-15)23-27-22-17/h1-7,12,16H,8-11,13H2,(H,21,25)/t16-/m1/s1. The molecule has 0 saturated carbocycles. The van der Waals surface area contributed by atoms with Crippen LogP contribution in [0.15, 0.2) is 48.5 Å². The van der Waals surface area contributed by atoms with Crippen LogP contribution in [0.2, 0.25) is 0 Å². The molecule has 27 heavy (non-hydrogen) atoms. The Kier molecular flexibility index (Phi) is 5.11. The van der Waals surface area contributed by atoms with E-state index >= 15 is 0 Å². The summed E-state index contributed by atoms with van der Waals surface area (Å²) in [6, 6.07) is 15.4. The third-order valence-electron chi connectivity index (χ3n) is 4.90. The number of hydrogen-bond acceptors (Lipinski definition) is 5. The fourth-order valence-electron chi connectivity index (χ4n) is 3.38. The van der Waals surface area contributed by atoms with Crippen molar-refractivity contribution >= 4 is 34.6 Å². The molecule has 2 amide bonds. The number of fused-ring (bicyclic) bond motifs is 1. The number of carbonyl (C=O) groups excluding carboxylic acids is 2. The van der Waals surface area contributed by atoms with Gasteiger partial charge in [-0.25, -0.2) is 0 Å². The first-order valence-corrected chi connectivity index (χ1v) is 9.77. The van der Waals surface area contributed by atoms with Crippen LogP contribution in [-0.2, 0) is 11.2 Å². The summed E-state index contributed by atoms with van der Waals surface area (Å²) in [5.74, 6) is -0.167. The van der Waals surface area contributed by atoms with E-state index in [2.05, 4.69) is 26.2 Å². The van der Waals surface area contributed by atoms with E-state index < -0.39 is 0 Å². The Hall–Kier alpha value is -2.80. The minimum absolute atomic E-state index is 0.0281. The molecule has 1 fully saturated rings. The molecule has 0 unspecified atom stereocenters. The molecule has 1 atom stereocenters. The van der Waals surface area contributed by atoms with E-state index in [-0.39, 0.29) is 17.7 Å². The van der Waals surface area contributed by atoms with Gasteiger partial charge in [-0.3, -0.25) is 9.59 Å². The average Bonchev–Trinajstić information content (AvgIpc) is 3.37. The molecule has 4 rings (SSSR count). The van der Waals surface area contributed by atoms with Crippen LogP contribution in [0.4, 0.5) is 0 Å². The van der Waals surface area contributed by atoms with Gasteiger partial charge in [-0.05, 0) is 36.6 Å². The van der Waals surface area contributed by atoms with Crippen molar-refractivity contribution in [3.63, 3.8) is 0 Å². The van der Waals surface area contributed by atoms with Gasteiger partial charge in [0, 0.05) is 25.2 Å². The van der Waals surface area contributed by atoms with Gasteiger partial charge in [0.2, 0.25) is 5.91 Å². The summed E-state index contributed by atoms with van der Waals surface area (Å²) >= 11 is 1.14. The predicted molar refractivity (Wildman–Crippen MR) is 105 cm³/mol. The molecule has 1 N–H and O–H groups in total. The average molecular weight is 380 g/mol. The lowest BCUT2D eigenvalue weighted by Crippen LogP contribution is -2.35. The van der Waals surface area contributed by atoms with Crippen LogP contribution in [0.1, 0.15) is 22.3 Å². The minimum Gasteiger partial charge on any atom is -0.355 e. The molecular weight excluding hydrogens is 360 g/mol. The van der Waals surface area contributed by atoms with E-state index in [1.54, 1.807) is 17.0 Å². The molecule has 0 bridgehead atoms. The summed E-state index contributed by atoms with van der Waals surface area (Å²) in [7, 11) is 0. The van der Waals surface area contributed by atoms with Crippen molar-refractivity contribution in [1.82, 2.24) is 19.0 Å². The Labute approximate surface area is 161 Å². The van der Waals surface area contributed by atoms with Gasteiger partial charge in [0.15, 0.2) is 0 Å². The number of nitrogens with zero attached hydrogens (tertiary/aromatic N) is 3. The lowest BCUT2D eigenvalue weighted by Gasteiger charge is -2.16. The smallest absolute Gasteiger partial charge is 0.253 e. The SMILES string of the molecule is O=C(NCCc1ccccc1)[C@@H]1CCN(C(=O)c2ccc3nsnc3c2)C1. The van der Waals surface area contributed by atoms with Crippen molar-refractivity contribution in [2.75, 3.05) is 19.6 Å². The molecule has 0 spiro atoms. The first-order chi connectivity index (χ1) is 13.2. The summed E-state index contributed by atoms with van der Waals surface area (Å²) in [5, 5.41) is 3.00. The fourth-order valence-corrected chi connectivity index (χ4v) is 3.89. The van der Waals surface area contributed by atoms with Crippen LogP contribution in [0.3, 0.4) is 0 Å². The van der Waals surface area contributed by atoms with Gasteiger partial charge >= 0.3 is 0 Å². The van der Waals surface area contributed by atoms with E-state index in [0.717, 1.165) is 29.2 Å². The number of aromatic nitrogens is 2. The fraction of sp³-hybridized carbons (Fsp3) is 0.300. The maximum atomic E-state index is 12.7. The zero-order valence-corrected chi connectivity index (χ0v) is 15.6. The minimum atomic E-state index is -0.144. The number of rotatable bonds is 5. The van der Waals surface area contributed by atoms with Crippen LogP contribution >= 0.6 is 11.7 Å². The normalized spacial score (nSPS) is 16.6. The van der Waals surface area contributed by atoms with E-state index in [9.17, 15) is 9.59 Å². The first kappa shape index (κ1) is 17.6. The molecular formula is C20H20N4O2S. The monoisotopic (exact) mass is 380 g/mol. The zero-order chi connectivity index (χ0) is 18.6. The highest BCUT2D eigenvalue weighted by molar-refractivity contribution is 7.00. The molecule has 0 aliphatic carbocycles. The van der Waals surface area contributed by atoms with Crippen molar-refractivity contribution in [1.29, 1.82) is 0 Å². The van der Waals surface area contributed by atoms with Crippen molar-refractivity contribution in [3.05, 3.63) is 59.7 Å². The maximum absolute atomic E-state index is 12.7. The number of amides is 2. The maximum Gasteiger partial charge on any atom is 0.253 e. The summed E-state index contributed by atoms with van der Waals surface area (Å²) < 4.78 is 8.34. The van der Waals surface area contributed by atoms with Crippen LogP contribution in [0.25, 0.3) is 11.0 Å². The molecule has 1 aromatic heterocycles. The van der Waals surface area contributed by atoms with Gasteiger partial charge in [-0.2, -0.15) is 8.75 Å². The molecule has 1 aliphatic heterocycles. The summed E-state index contributed by atoms with van der Waals surface area (Å²) in [6.45, 7) is 1.67. The zero-order valence-electron chi connectivity index (χ0n) is 14.8. The Morgan fingerprint density at radius 2 is 1.93 bits per heavy atom. The Morgan fingerprint density at radius 3 is 2.78 bits per heavy atom. The third-order valence-corrected chi connectivity index (χ3v) is 5.46. The quantitative estimate of drug-likeness (QED) is 0.738. The van der Waals surface area contributed by atoms with Crippen LogP contribution < -0.4 is 5.32 Å². The molecule has 2 aromatic carbocycles. The number of carbonyl (C=O) groups is 2. The Bertz CT molecular complexity index is 957. The summed E-state index contributed by atoms with van der Waals surface area (Å²) in [5.41, 5.74) is 3.34. The summed E-state index contributed by atoms with van der Waals surface area (Å²) in [4.78, 5) is 26.9. The van der Waals surface area contributed by atoms with Crippen LogP contribution in [0.5, 0.6) is 0 Å². The number of hydrogen-bond donors (Lipinski definition) is 1. The highest BCUT2D eigenvalue weighted by atomic mass is 32.1. The van der Waals surface area contributed by atoms with Gasteiger partial charge < -0.3 is 10.2 Å². The third kappa shape index (κ3) is 3.98. The second kappa shape index (κ2) is 7.84. The second-order valence-electron chi connectivity index (χ2n) is 6.73. The number of nitrogens with one attached hydrogen (secondary N) is 1. The molecule has 7 heteroatoms. The largest absolute Gasteiger partial charge is 0.355 e. The Balaban J connectivity index is 1.31. The molecule has 1 aliphatic rings. The topological polar surface area (TPSA) is 75.2 Å². The molecule has 1 saturated heterocycles. The first-order valence-electron chi connectivity index (χ1n) is 9.04. The van der Waals surface area contributed by atoms with Gasteiger partial charge in [-0.1, -0.05) is 30.3 Å². The van der Waals surface area contributed by atoms with Gasteiger partial charge in [-0.15, -0.1) is 0 Å². The highest BCUT2D eigenvalue weighted by Crippen LogP contribution is 2.21. The number of likely N-dealkylation sites (tertiary alicyclic amines) is 1. The Morgan fingerprint density at radius 1 is 1.11 bits per heavy atom. The van der Waals surface area contributed by atoms with Crippen molar-refractivity contribution in [3.8, 4) is 0 Å². The van der Waals surface area contributed by atoms with Gasteiger partial charge in [0.25, 0.3) is 5.91 Å². The predicted octanol–water partition coefficient (Wildman–Crippen LogP) is 2.51.